The second-order valence-corrected chi connectivity index (χ2v) is 5.14. The molecule has 0 aliphatic carbocycles. The van der Waals surface area contributed by atoms with Crippen molar-refractivity contribution in [1.29, 1.82) is 0 Å². The molecule has 0 saturated carbocycles. The van der Waals surface area contributed by atoms with Gasteiger partial charge >= 0.3 is 11.9 Å². The lowest BCUT2D eigenvalue weighted by Gasteiger charge is -2.10. The number of hydrogen-bond acceptors (Lipinski definition) is 6. The third-order valence-electron chi connectivity index (χ3n) is 3.46. The molecule has 23 heavy (non-hydrogen) atoms. The van der Waals surface area contributed by atoms with E-state index in [9.17, 15) is 14.7 Å². The zero-order valence-electron chi connectivity index (χ0n) is 12.9. The molecule has 0 aromatic heterocycles. The van der Waals surface area contributed by atoms with Crippen LogP contribution in [-0.2, 0) is 19.0 Å². The minimum absolute atomic E-state index is 0.250. The number of carbonyl (C=O) groups excluding carboxylic acids is 2. The maximum atomic E-state index is 11.7. The van der Waals surface area contributed by atoms with Crippen molar-refractivity contribution in [2.24, 2.45) is 0 Å². The zero-order chi connectivity index (χ0) is 16.7. The highest BCUT2D eigenvalue weighted by Crippen LogP contribution is 2.22. The van der Waals surface area contributed by atoms with Crippen LogP contribution in [0, 0.1) is 0 Å². The molecule has 1 aliphatic heterocycles. The molecule has 1 heterocycles. The summed E-state index contributed by atoms with van der Waals surface area (Å²) in [6.07, 6.45) is 2.26. The zero-order valence-corrected chi connectivity index (χ0v) is 12.9. The van der Waals surface area contributed by atoms with E-state index in [0.717, 1.165) is 0 Å². The standard InChI is InChI=1S/C17H20O6/c1-21-17(20)15-14(18)11-13(23-15)9-5-6-10-22-16(19)12-7-3-2-4-8-12/h2-5,7-9,13-15,18H,6,10-11H2,1H3/b9-5+/t13-,14-,15-/m0/s1. The number of benzene rings is 1. The molecule has 3 atom stereocenters. The molecule has 0 unspecified atom stereocenters. The first kappa shape index (κ1) is 17.2. The van der Waals surface area contributed by atoms with Gasteiger partial charge in [0, 0.05) is 6.42 Å². The van der Waals surface area contributed by atoms with Gasteiger partial charge in [0.1, 0.15) is 0 Å². The molecular formula is C17H20O6. The summed E-state index contributed by atoms with van der Waals surface area (Å²) in [6, 6.07) is 8.77. The van der Waals surface area contributed by atoms with Gasteiger partial charge in [0.2, 0.25) is 0 Å². The first-order valence-corrected chi connectivity index (χ1v) is 7.42. The van der Waals surface area contributed by atoms with Crippen LogP contribution in [0.2, 0.25) is 0 Å². The van der Waals surface area contributed by atoms with Gasteiger partial charge in [0.15, 0.2) is 6.10 Å². The van der Waals surface area contributed by atoms with Gasteiger partial charge in [-0.25, -0.2) is 9.59 Å². The summed E-state index contributed by atoms with van der Waals surface area (Å²) >= 11 is 0. The maximum absolute atomic E-state index is 11.7. The Labute approximate surface area is 134 Å². The largest absolute Gasteiger partial charge is 0.467 e. The number of methoxy groups -OCH3 is 1. The van der Waals surface area contributed by atoms with Gasteiger partial charge in [0.05, 0.1) is 31.5 Å². The Morgan fingerprint density at radius 2 is 2.09 bits per heavy atom. The van der Waals surface area contributed by atoms with E-state index in [2.05, 4.69) is 4.74 Å². The van der Waals surface area contributed by atoms with Crippen molar-refractivity contribution < 1.29 is 28.9 Å². The SMILES string of the molecule is COC(=O)[C@H]1O[C@@H](/C=C/CCOC(=O)c2ccccc2)C[C@@H]1O. The normalized spacial score (nSPS) is 23.8. The molecule has 0 radical (unpaired) electrons. The van der Waals surface area contributed by atoms with Gasteiger partial charge in [-0.2, -0.15) is 0 Å². The summed E-state index contributed by atoms with van der Waals surface area (Å²) in [5.74, 6) is -0.942. The molecule has 1 N–H and O–H groups in total. The average Bonchev–Trinajstić information content (AvgIpc) is 2.95. The van der Waals surface area contributed by atoms with Gasteiger partial charge < -0.3 is 19.3 Å². The predicted molar refractivity (Wildman–Crippen MR) is 81.8 cm³/mol. The molecule has 1 fully saturated rings. The minimum atomic E-state index is -0.939. The summed E-state index contributed by atoms with van der Waals surface area (Å²) in [4.78, 5) is 23.1. The first-order valence-electron chi connectivity index (χ1n) is 7.42. The van der Waals surface area contributed by atoms with E-state index in [1.165, 1.54) is 7.11 Å². The van der Waals surface area contributed by atoms with Crippen LogP contribution in [0.3, 0.4) is 0 Å². The molecule has 0 spiro atoms. The quantitative estimate of drug-likeness (QED) is 0.486. The average molecular weight is 320 g/mol. The smallest absolute Gasteiger partial charge is 0.338 e. The van der Waals surface area contributed by atoms with Crippen LogP contribution in [-0.4, -0.2) is 49.1 Å². The maximum Gasteiger partial charge on any atom is 0.338 e. The van der Waals surface area contributed by atoms with Gasteiger partial charge in [0.25, 0.3) is 0 Å². The topological polar surface area (TPSA) is 82.1 Å². The van der Waals surface area contributed by atoms with E-state index in [-0.39, 0.29) is 18.7 Å². The van der Waals surface area contributed by atoms with E-state index in [1.54, 1.807) is 36.4 Å². The Bertz CT molecular complexity index is 553. The van der Waals surface area contributed by atoms with Crippen molar-refractivity contribution in [1.82, 2.24) is 0 Å². The van der Waals surface area contributed by atoms with Crippen LogP contribution in [0.15, 0.2) is 42.5 Å². The number of ether oxygens (including phenoxy) is 3. The fourth-order valence-electron chi connectivity index (χ4n) is 2.27. The Hall–Kier alpha value is -2.18. The van der Waals surface area contributed by atoms with Crippen LogP contribution in [0.25, 0.3) is 0 Å². The van der Waals surface area contributed by atoms with Crippen molar-refractivity contribution in [3.63, 3.8) is 0 Å². The van der Waals surface area contributed by atoms with Gasteiger partial charge in [-0.3, -0.25) is 0 Å². The Balaban J connectivity index is 1.69. The van der Waals surface area contributed by atoms with Crippen LogP contribution in [0.4, 0.5) is 0 Å². The van der Waals surface area contributed by atoms with Crippen molar-refractivity contribution >= 4 is 11.9 Å². The molecule has 124 valence electrons. The summed E-state index contributed by atoms with van der Waals surface area (Å²) in [6.45, 7) is 0.250. The summed E-state index contributed by atoms with van der Waals surface area (Å²) in [5.41, 5.74) is 0.514. The number of rotatable bonds is 6. The van der Waals surface area contributed by atoms with Crippen molar-refractivity contribution in [2.75, 3.05) is 13.7 Å². The monoisotopic (exact) mass is 320 g/mol. The van der Waals surface area contributed by atoms with Gasteiger partial charge in [-0.15, -0.1) is 0 Å². The van der Waals surface area contributed by atoms with E-state index < -0.39 is 18.2 Å². The molecule has 1 aliphatic rings. The summed E-state index contributed by atoms with van der Waals surface area (Å²) in [5, 5.41) is 9.73. The number of aliphatic hydroxyl groups excluding tert-OH is 1. The Kier molecular flexibility index (Phi) is 6.31. The summed E-state index contributed by atoms with van der Waals surface area (Å²) in [7, 11) is 1.25. The van der Waals surface area contributed by atoms with Crippen molar-refractivity contribution in [2.45, 2.75) is 31.2 Å². The van der Waals surface area contributed by atoms with Crippen LogP contribution < -0.4 is 0 Å². The van der Waals surface area contributed by atoms with Crippen LogP contribution in [0.5, 0.6) is 0 Å². The first-order chi connectivity index (χ1) is 11.1. The lowest BCUT2D eigenvalue weighted by Crippen LogP contribution is -2.31. The van der Waals surface area contributed by atoms with Crippen LogP contribution >= 0.6 is 0 Å². The molecular weight excluding hydrogens is 300 g/mol. The third-order valence-corrected chi connectivity index (χ3v) is 3.46. The lowest BCUT2D eigenvalue weighted by molar-refractivity contribution is -0.156. The number of aliphatic hydroxyl groups is 1. The highest BCUT2D eigenvalue weighted by molar-refractivity contribution is 5.89. The second kappa shape index (κ2) is 8.45. The molecule has 1 aromatic rings. The Morgan fingerprint density at radius 1 is 1.35 bits per heavy atom. The van der Waals surface area contributed by atoms with Crippen molar-refractivity contribution in [3.8, 4) is 0 Å². The third kappa shape index (κ3) is 4.91. The molecule has 6 nitrogen and oxygen atoms in total. The van der Waals surface area contributed by atoms with E-state index in [0.29, 0.717) is 18.4 Å². The predicted octanol–water partition coefficient (Wildman–Crippen LogP) is 1.48. The van der Waals surface area contributed by atoms with Gasteiger partial charge in [-0.05, 0) is 18.6 Å². The second-order valence-electron chi connectivity index (χ2n) is 5.14. The van der Waals surface area contributed by atoms with Gasteiger partial charge in [-0.1, -0.05) is 30.4 Å². The van der Waals surface area contributed by atoms with E-state index in [1.807, 2.05) is 6.07 Å². The van der Waals surface area contributed by atoms with E-state index in [4.69, 9.17) is 9.47 Å². The lowest BCUT2D eigenvalue weighted by atomic mass is 10.1. The van der Waals surface area contributed by atoms with E-state index >= 15 is 0 Å². The highest BCUT2D eigenvalue weighted by atomic mass is 16.6. The fourth-order valence-corrected chi connectivity index (χ4v) is 2.27. The van der Waals surface area contributed by atoms with Crippen molar-refractivity contribution in [3.05, 3.63) is 48.0 Å². The fraction of sp³-hybridized carbons (Fsp3) is 0.412. The Morgan fingerprint density at radius 3 is 2.78 bits per heavy atom. The van der Waals surface area contributed by atoms with Crippen LogP contribution in [0.1, 0.15) is 23.2 Å². The molecule has 6 heteroatoms. The molecule has 2 rings (SSSR count). The number of hydrogen-bond donors (Lipinski definition) is 1. The number of carbonyl (C=O) groups is 2. The molecule has 1 aromatic carbocycles. The highest BCUT2D eigenvalue weighted by Gasteiger charge is 2.38. The molecule has 0 amide bonds. The summed E-state index contributed by atoms with van der Waals surface area (Å²) < 4.78 is 15.1. The minimum Gasteiger partial charge on any atom is -0.467 e. The molecule has 0 bridgehead atoms. The molecule has 1 saturated heterocycles. The number of esters is 2.